The van der Waals surface area contributed by atoms with Crippen molar-refractivity contribution in [1.82, 2.24) is 0 Å². The summed E-state index contributed by atoms with van der Waals surface area (Å²) in [6, 6.07) is 0. The van der Waals surface area contributed by atoms with Crippen molar-refractivity contribution in [3.63, 3.8) is 0 Å². The fourth-order valence-corrected chi connectivity index (χ4v) is 0.510. The van der Waals surface area contributed by atoms with Crippen LogP contribution < -0.4 is 0 Å². The second kappa shape index (κ2) is 7.58. The molecule has 0 radical (unpaired) electrons. The fraction of sp³-hybridized carbons (Fsp3) is 1.00. The van der Waals surface area contributed by atoms with Crippen molar-refractivity contribution in [1.29, 1.82) is 0 Å². The van der Waals surface area contributed by atoms with E-state index >= 15 is 0 Å². The summed E-state index contributed by atoms with van der Waals surface area (Å²) in [6.07, 6.45) is 2.56. The Morgan fingerprint density at radius 3 is 1.44 bits per heavy atom. The van der Waals surface area contributed by atoms with Crippen molar-refractivity contribution in [2.45, 2.75) is 12.8 Å². The zero-order valence-corrected chi connectivity index (χ0v) is 9.37. The van der Waals surface area contributed by atoms with E-state index in [1.54, 1.807) is 0 Å². The molecule has 0 aromatic rings. The molecule has 0 aliphatic carbocycles. The number of ether oxygens (including phenoxy) is 1. The van der Waals surface area contributed by atoms with Crippen molar-refractivity contribution in [2.75, 3.05) is 13.2 Å². The molecule has 0 atom stereocenters. The van der Waals surface area contributed by atoms with Crippen molar-refractivity contribution < 1.29 is 18.2 Å². The first-order valence-electron chi connectivity index (χ1n) is 2.46. The number of hydrogen-bond donors (Lipinski definition) is 0. The van der Waals surface area contributed by atoms with E-state index < -0.39 is 13.5 Å². The van der Waals surface area contributed by atoms with Gasteiger partial charge in [0.05, 0.1) is 0 Å². The summed E-state index contributed by atoms with van der Waals surface area (Å²) in [5, 5.41) is 0. The van der Waals surface area contributed by atoms with Gasteiger partial charge in [-0.2, -0.15) is 0 Å². The molecule has 1 heterocycles. The van der Waals surface area contributed by atoms with Crippen LogP contribution in [0.15, 0.2) is 0 Å². The molecule has 1 rings (SSSR count). The molecular weight excluding hydrogens is 363 g/mol. The van der Waals surface area contributed by atoms with Gasteiger partial charge in [-0.25, -0.2) is 0 Å². The second-order valence-electron chi connectivity index (χ2n) is 1.46. The molecule has 0 unspecified atom stereocenters. The van der Waals surface area contributed by atoms with E-state index in [0.29, 0.717) is 0 Å². The predicted molar refractivity (Wildman–Crippen MR) is 37.6 cm³/mol. The molecule has 1 fully saturated rings. The minimum absolute atomic E-state index is 1.00. The van der Waals surface area contributed by atoms with Crippen molar-refractivity contribution in [3.05, 3.63) is 0 Å². The first-order valence-corrected chi connectivity index (χ1v) is 11.4. The summed E-state index contributed by atoms with van der Waals surface area (Å²) in [7, 11) is 14.9. The Morgan fingerprint density at radius 1 is 1.00 bits per heavy atom. The van der Waals surface area contributed by atoms with Crippen molar-refractivity contribution >= 4 is 28.8 Å². The standard InChI is InChI=1S/C4H8O.3ClH.Ir/c1-2-4-5-3-1;;;;/h1-4H2;3*1H;/q;;;;+3/p-3. The molecule has 60 valence electrons. The van der Waals surface area contributed by atoms with Gasteiger partial charge in [0, 0.05) is 13.2 Å². The molecule has 1 nitrogen and oxygen atoms in total. The molecule has 1 saturated heterocycles. The van der Waals surface area contributed by atoms with E-state index in [1.807, 2.05) is 0 Å². The van der Waals surface area contributed by atoms with Crippen LogP contribution in [-0.2, 0) is 18.2 Å². The fourth-order valence-electron chi connectivity index (χ4n) is 0.510. The van der Waals surface area contributed by atoms with E-state index in [4.69, 9.17) is 33.5 Å². The molecule has 1 aliphatic heterocycles. The number of rotatable bonds is 0. The van der Waals surface area contributed by atoms with Crippen LogP contribution in [0.4, 0.5) is 0 Å². The van der Waals surface area contributed by atoms with E-state index in [-0.39, 0.29) is 0 Å². The third-order valence-corrected chi connectivity index (χ3v) is 0.827. The topological polar surface area (TPSA) is 9.23 Å². The molecule has 0 amide bonds. The average molecular weight is 371 g/mol. The predicted octanol–water partition coefficient (Wildman–Crippen LogP) is 2.86. The molecule has 0 saturated carbocycles. The SMILES string of the molecule is C1CCOC1.[Cl][Ir]([Cl])[Cl]. The van der Waals surface area contributed by atoms with Crippen LogP contribution >= 0.6 is 28.8 Å². The van der Waals surface area contributed by atoms with Crippen LogP contribution in [0.25, 0.3) is 0 Å². The number of halogens is 3. The summed E-state index contributed by atoms with van der Waals surface area (Å²) in [6.45, 7) is 2.00. The molecular formula is C4H8Cl3IrO. The van der Waals surface area contributed by atoms with Crippen LogP contribution in [0.3, 0.4) is 0 Å². The summed E-state index contributed by atoms with van der Waals surface area (Å²) in [5.41, 5.74) is 0. The first kappa shape index (κ1) is 10.5. The number of hydrogen-bond acceptors (Lipinski definition) is 1. The Labute approximate surface area is 72.8 Å². The van der Waals surface area contributed by atoms with Crippen molar-refractivity contribution in [3.8, 4) is 0 Å². The molecule has 0 bridgehead atoms. The van der Waals surface area contributed by atoms with Gasteiger partial charge in [-0.15, -0.1) is 0 Å². The zero-order chi connectivity index (χ0) is 7.11. The molecule has 0 spiro atoms. The van der Waals surface area contributed by atoms with Crippen LogP contribution in [0.2, 0.25) is 0 Å². The van der Waals surface area contributed by atoms with E-state index in [2.05, 4.69) is 0 Å². The van der Waals surface area contributed by atoms with E-state index in [1.165, 1.54) is 12.8 Å². The summed E-state index contributed by atoms with van der Waals surface area (Å²) in [5.74, 6) is 0. The molecule has 1 aliphatic rings. The van der Waals surface area contributed by atoms with Gasteiger partial charge in [-0.3, -0.25) is 0 Å². The maximum atomic E-state index is 4.97. The Bertz CT molecular complexity index is 47.4. The monoisotopic (exact) mass is 370 g/mol. The van der Waals surface area contributed by atoms with Gasteiger partial charge in [0.25, 0.3) is 0 Å². The quantitative estimate of drug-likeness (QED) is 0.637. The van der Waals surface area contributed by atoms with Crippen LogP contribution in [0.1, 0.15) is 12.8 Å². The summed E-state index contributed by atoms with van der Waals surface area (Å²) in [4.78, 5) is 0. The summed E-state index contributed by atoms with van der Waals surface area (Å²) < 4.78 is 4.94. The Hall–Kier alpha value is 1.48. The van der Waals surface area contributed by atoms with Gasteiger partial charge in [0.2, 0.25) is 0 Å². The van der Waals surface area contributed by atoms with Gasteiger partial charge < -0.3 is 4.74 Å². The third-order valence-electron chi connectivity index (χ3n) is 0.827. The molecule has 0 aromatic carbocycles. The Balaban J connectivity index is 0.000000148. The molecule has 0 aromatic heterocycles. The van der Waals surface area contributed by atoms with Gasteiger partial charge in [-0.05, 0) is 12.8 Å². The van der Waals surface area contributed by atoms with Gasteiger partial charge in [0.15, 0.2) is 0 Å². The van der Waals surface area contributed by atoms with Crippen LogP contribution in [0, 0.1) is 0 Å². The first-order chi connectivity index (χ1) is 4.23. The van der Waals surface area contributed by atoms with Gasteiger partial charge >= 0.3 is 42.2 Å². The van der Waals surface area contributed by atoms with Gasteiger partial charge in [-0.1, -0.05) is 0 Å². The molecule has 9 heavy (non-hydrogen) atoms. The van der Waals surface area contributed by atoms with E-state index in [0.717, 1.165) is 13.2 Å². The second-order valence-corrected chi connectivity index (χ2v) is 11.8. The average Bonchev–Trinajstić information content (AvgIpc) is 2.11. The zero-order valence-electron chi connectivity index (χ0n) is 4.70. The van der Waals surface area contributed by atoms with Gasteiger partial charge in [0.1, 0.15) is 0 Å². The molecule has 0 N–H and O–H groups in total. The molecule has 5 heteroatoms. The van der Waals surface area contributed by atoms with E-state index in [9.17, 15) is 0 Å². The Kier molecular flexibility index (Phi) is 8.83. The minimum atomic E-state index is -1.92. The normalized spacial score (nSPS) is 18.3. The summed E-state index contributed by atoms with van der Waals surface area (Å²) >= 11 is -1.92. The Morgan fingerprint density at radius 2 is 1.33 bits per heavy atom. The van der Waals surface area contributed by atoms with Crippen LogP contribution in [-0.4, -0.2) is 13.2 Å². The van der Waals surface area contributed by atoms with Crippen LogP contribution in [0.5, 0.6) is 0 Å². The maximum absolute atomic E-state index is 4.97. The third kappa shape index (κ3) is 12.6. The van der Waals surface area contributed by atoms with Crippen molar-refractivity contribution in [2.24, 2.45) is 0 Å².